The molecule has 4 nitrogen and oxygen atoms in total. The molecule has 0 aliphatic carbocycles. The molecule has 1 saturated heterocycles. The van der Waals surface area contributed by atoms with Crippen LogP contribution >= 0.6 is 0 Å². The van der Waals surface area contributed by atoms with Crippen molar-refractivity contribution in [2.45, 2.75) is 58.7 Å². The molecular formula is C24H32N2O2. The van der Waals surface area contributed by atoms with Crippen molar-refractivity contribution in [3.63, 3.8) is 0 Å². The highest BCUT2D eigenvalue weighted by Crippen LogP contribution is 2.16. The Morgan fingerprint density at radius 2 is 1.75 bits per heavy atom. The Hall–Kier alpha value is -2.33. The number of carbonyl (C=O) groups excluding carboxylic acids is 1. The topological polar surface area (TPSA) is 41.6 Å². The summed E-state index contributed by atoms with van der Waals surface area (Å²) in [6.45, 7) is 8.00. The van der Waals surface area contributed by atoms with Crippen LogP contribution < -0.4 is 10.1 Å². The van der Waals surface area contributed by atoms with E-state index in [0.29, 0.717) is 13.0 Å². The van der Waals surface area contributed by atoms with Gasteiger partial charge in [-0.15, -0.1) is 0 Å². The number of hydrogen-bond acceptors (Lipinski definition) is 3. The lowest BCUT2D eigenvalue weighted by Crippen LogP contribution is -2.37. The molecule has 0 bridgehead atoms. The van der Waals surface area contributed by atoms with Crippen LogP contribution in [-0.2, 0) is 24.3 Å². The summed E-state index contributed by atoms with van der Waals surface area (Å²) in [6, 6.07) is 16.5. The van der Waals surface area contributed by atoms with Gasteiger partial charge in [0.15, 0.2) is 6.10 Å². The third kappa shape index (κ3) is 5.83. The molecular weight excluding hydrogens is 348 g/mol. The summed E-state index contributed by atoms with van der Waals surface area (Å²) in [4.78, 5) is 15.1. The molecule has 0 aromatic heterocycles. The van der Waals surface area contributed by atoms with Crippen molar-refractivity contribution in [3.05, 3.63) is 65.2 Å². The summed E-state index contributed by atoms with van der Waals surface area (Å²) in [7, 11) is 0. The second kappa shape index (κ2) is 10.3. The molecule has 0 spiro atoms. The van der Waals surface area contributed by atoms with Gasteiger partial charge in [0.05, 0.1) is 0 Å². The second-order valence-electron chi connectivity index (χ2n) is 7.53. The standard InChI is InChI=1S/C24H32N2O2/c1-3-19-10-12-22(13-11-19)28-23(4-2)24(27)25-17-20-8-7-9-21(16-20)18-26-14-5-6-15-26/h7-13,16,23H,3-6,14-15,17-18H2,1-2H3,(H,25,27). The molecule has 0 radical (unpaired) electrons. The van der Waals surface area contributed by atoms with E-state index in [2.05, 4.69) is 41.4 Å². The number of hydrogen-bond donors (Lipinski definition) is 1. The Bertz CT molecular complexity index is 751. The van der Waals surface area contributed by atoms with Gasteiger partial charge in [-0.05, 0) is 67.6 Å². The van der Waals surface area contributed by atoms with Gasteiger partial charge < -0.3 is 10.1 Å². The average molecular weight is 381 g/mol. The van der Waals surface area contributed by atoms with Crippen LogP contribution in [0.4, 0.5) is 0 Å². The zero-order valence-electron chi connectivity index (χ0n) is 17.1. The van der Waals surface area contributed by atoms with Crippen LogP contribution in [0.25, 0.3) is 0 Å². The molecule has 2 aromatic carbocycles. The molecule has 0 saturated carbocycles. The number of amides is 1. The summed E-state index contributed by atoms with van der Waals surface area (Å²) >= 11 is 0. The number of likely N-dealkylation sites (tertiary alicyclic amines) is 1. The van der Waals surface area contributed by atoms with Crippen molar-refractivity contribution in [2.75, 3.05) is 13.1 Å². The fourth-order valence-electron chi connectivity index (χ4n) is 3.63. The molecule has 1 fully saturated rings. The molecule has 3 rings (SSSR count). The lowest BCUT2D eigenvalue weighted by molar-refractivity contribution is -0.128. The van der Waals surface area contributed by atoms with Gasteiger partial charge in [-0.25, -0.2) is 0 Å². The van der Waals surface area contributed by atoms with E-state index >= 15 is 0 Å². The first-order valence-electron chi connectivity index (χ1n) is 10.5. The molecule has 1 unspecified atom stereocenters. The maximum absolute atomic E-state index is 12.6. The van der Waals surface area contributed by atoms with Crippen molar-refractivity contribution in [1.29, 1.82) is 0 Å². The fourth-order valence-corrected chi connectivity index (χ4v) is 3.63. The first-order chi connectivity index (χ1) is 13.7. The third-order valence-electron chi connectivity index (χ3n) is 5.34. The summed E-state index contributed by atoms with van der Waals surface area (Å²) in [5.41, 5.74) is 3.71. The van der Waals surface area contributed by atoms with Crippen LogP contribution in [0.5, 0.6) is 5.75 Å². The van der Waals surface area contributed by atoms with E-state index in [9.17, 15) is 4.79 Å². The van der Waals surface area contributed by atoms with Crippen LogP contribution in [0.3, 0.4) is 0 Å². The predicted octanol–water partition coefficient (Wildman–Crippen LogP) is 4.32. The Balaban J connectivity index is 1.52. The minimum atomic E-state index is -0.472. The number of aryl methyl sites for hydroxylation is 1. The summed E-state index contributed by atoms with van der Waals surface area (Å²) in [5.74, 6) is 0.679. The van der Waals surface area contributed by atoms with Gasteiger partial charge in [-0.1, -0.05) is 50.2 Å². The first-order valence-corrected chi connectivity index (χ1v) is 10.5. The van der Waals surface area contributed by atoms with Crippen molar-refractivity contribution in [3.8, 4) is 5.75 Å². The van der Waals surface area contributed by atoms with Gasteiger partial charge in [0.2, 0.25) is 0 Å². The van der Waals surface area contributed by atoms with Crippen LogP contribution in [0, 0.1) is 0 Å². The van der Waals surface area contributed by atoms with Gasteiger partial charge in [0.25, 0.3) is 5.91 Å². The quantitative estimate of drug-likeness (QED) is 0.704. The summed E-state index contributed by atoms with van der Waals surface area (Å²) < 4.78 is 5.91. The number of benzene rings is 2. The summed E-state index contributed by atoms with van der Waals surface area (Å²) in [6.07, 6.45) is 3.76. The van der Waals surface area contributed by atoms with E-state index in [0.717, 1.165) is 24.3 Å². The predicted molar refractivity (Wildman–Crippen MR) is 113 cm³/mol. The molecule has 1 aliphatic heterocycles. The molecule has 1 amide bonds. The number of ether oxygens (including phenoxy) is 1. The summed E-state index contributed by atoms with van der Waals surface area (Å²) in [5, 5.41) is 3.04. The Labute approximate surface area is 168 Å². The number of rotatable bonds is 9. The zero-order chi connectivity index (χ0) is 19.8. The Morgan fingerprint density at radius 3 is 2.43 bits per heavy atom. The SMILES string of the molecule is CCc1ccc(OC(CC)C(=O)NCc2cccc(CN3CCCC3)c2)cc1. The van der Waals surface area contributed by atoms with E-state index in [1.54, 1.807) is 0 Å². The molecule has 1 heterocycles. The van der Waals surface area contributed by atoms with Crippen molar-refractivity contribution in [2.24, 2.45) is 0 Å². The van der Waals surface area contributed by atoms with Gasteiger partial charge >= 0.3 is 0 Å². The smallest absolute Gasteiger partial charge is 0.261 e. The lowest BCUT2D eigenvalue weighted by atomic mass is 10.1. The Kier molecular flexibility index (Phi) is 7.49. The maximum atomic E-state index is 12.6. The van der Waals surface area contributed by atoms with E-state index in [1.807, 2.05) is 31.2 Å². The molecule has 1 aliphatic rings. The monoisotopic (exact) mass is 380 g/mol. The highest BCUT2D eigenvalue weighted by molar-refractivity contribution is 5.81. The van der Waals surface area contributed by atoms with Crippen LogP contribution in [0.2, 0.25) is 0 Å². The lowest BCUT2D eigenvalue weighted by Gasteiger charge is -2.18. The van der Waals surface area contributed by atoms with E-state index in [4.69, 9.17) is 4.74 Å². The van der Waals surface area contributed by atoms with Gasteiger partial charge in [0, 0.05) is 13.1 Å². The zero-order valence-corrected chi connectivity index (χ0v) is 17.1. The minimum Gasteiger partial charge on any atom is -0.481 e. The number of nitrogens with one attached hydrogen (secondary N) is 1. The van der Waals surface area contributed by atoms with E-state index in [1.165, 1.54) is 37.1 Å². The number of nitrogens with zero attached hydrogens (tertiary/aromatic N) is 1. The maximum Gasteiger partial charge on any atom is 0.261 e. The molecule has 150 valence electrons. The minimum absolute atomic E-state index is 0.0629. The highest BCUT2D eigenvalue weighted by atomic mass is 16.5. The van der Waals surface area contributed by atoms with Gasteiger partial charge in [-0.2, -0.15) is 0 Å². The molecule has 28 heavy (non-hydrogen) atoms. The average Bonchev–Trinajstić information content (AvgIpc) is 3.24. The third-order valence-corrected chi connectivity index (χ3v) is 5.34. The van der Waals surface area contributed by atoms with Crippen LogP contribution in [0.15, 0.2) is 48.5 Å². The van der Waals surface area contributed by atoms with Crippen molar-refractivity contribution >= 4 is 5.91 Å². The van der Waals surface area contributed by atoms with E-state index < -0.39 is 6.10 Å². The molecule has 1 atom stereocenters. The highest BCUT2D eigenvalue weighted by Gasteiger charge is 2.18. The fraction of sp³-hybridized carbons (Fsp3) is 0.458. The molecule has 4 heteroatoms. The van der Waals surface area contributed by atoms with Gasteiger partial charge in [-0.3, -0.25) is 9.69 Å². The molecule has 2 aromatic rings. The Morgan fingerprint density at radius 1 is 1.04 bits per heavy atom. The van der Waals surface area contributed by atoms with Crippen LogP contribution in [-0.4, -0.2) is 30.0 Å². The molecule has 1 N–H and O–H groups in total. The number of carbonyl (C=O) groups is 1. The van der Waals surface area contributed by atoms with Crippen molar-refractivity contribution < 1.29 is 9.53 Å². The van der Waals surface area contributed by atoms with Crippen molar-refractivity contribution in [1.82, 2.24) is 10.2 Å². The van der Waals surface area contributed by atoms with Gasteiger partial charge in [0.1, 0.15) is 5.75 Å². The second-order valence-corrected chi connectivity index (χ2v) is 7.53. The largest absolute Gasteiger partial charge is 0.481 e. The normalized spacial score (nSPS) is 15.4. The van der Waals surface area contributed by atoms with Crippen LogP contribution in [0.1, 0.15) is 49.8 Å². The first kappa shape index (κ1) is 20.4. The van der Waals surface area contributed by atoms with E-state index in [-0.39, 0.29) is 5.91 Å².